The summed E-state index contributed by atoms with van der Waals surface area (Å²) in [5.41, 5.74) is 18.2. The van der Waals surface area contributed by atoms with Crippen molar-refractivity contribution in [3.63, 3.8) is 0 Å². The lowest BCUT2D eigenvalue weighted by Gasteiger charge is -2.18. The van der Waals surface area contributed by atoms with Gasteiger partial charge >= 0.3 is 10.4 Å². The van der Waals surface area contributed by atoms with Crippen molar-refractivity contribution in [3.05, 3.63) is 187 Å². The molecular weight excluding hydrogens is 824 g/mol. The van der Waals surface area contributed by atoms with Crippen molar-refractivity contribution < 1.29 is 17.5 Å². The van der Waals surface area contributed by atoms with Gasteiger partial charge in [0.05, 0.1) is 11.4 Å². The van der Waals surface area contributed by atoms with Crippen LogP contribution in [-0.4, -0.2) is 55.1 Å². The topological polar surface area (TPSA) is 123 Å². The molecule has 0 aromatic heterocycles. The molecule has 320 valence electrons. The Morgan fingerprint density at radius 1 is 0.574 bits per heavy atom. The molecule has 0 aliphatic heterocycles. The minimum Gasteiger partial charge on any atom is -0.385 e. The van der Waals surface area contributed by atoms with Crippen LogP contribution in [0.25, 0.3) is 11.1 Å². The fourth-order valence-electron chi connectivity index (χ4n) is 7.02. The largest absolute Gasteiger partial charge is 0.394 e. The molecule has 0 spiro atoms. The Hall–Kier alpha value is -5.29. The highest BCUT2D eigenvalue weighted by Gasteiger charge is 2.18. The summed E-state index contributed by atoms with van der Waals surface area (Å²) in [7, 11) is -4.67. The molecule has 61 heavy (non-hydrogen) atoms. The molecule has 4 N–H and O–H groups in total. The number of aliphatic imine (C=N–C) groups is 2. The van der Waals surface area contributed by atoms with Crippen molar-refractivity contribution >= 4 is 67.5 Å². The summed E-state index contributed by atoms with van der Waals surface area (Å²) < 4.78 is 31.6. The van der Waals surface area contributed by atoms with Crippen LogP contribution in [0.15, 0.2) is 154 Å². The molecule has 0 heterocycles. The van der Waals surface area contributed by atoms with E-state index in [9.17, 15) is 0 Å². The van der Waals surface area contributed by atoms with Crippen molar-refractivity contribution in [3.8, 4) is 0 Å². The predicted octanol–water partition coefficient (Wildman–Crippen LogP) is 13.1. The van der Waals surface area contributed by atoms with E-state index in [1.165, 1.54) is 22.3 Å². The van der Waals surface area contributed by atoms with Gasteiger partial charge in [-0.3, -0.25) is 19.1 Å². The van der Waals surface area contributed by atoms with Gasteiger partial charge in [-0.05, 0) is 172 Å². The van der Waals surface area contributed by atoms with Gasteiger partial charge in [0.2, 0.25) is 0 Å². The summed E-state index contributed by atoms with van der Waals surface area (Å²) in [6.07, 6.45) is 12.9. The number of allylic oxidation sites excluding steroid dienone is 10. The molecular formula is C50H56Cl2N4O4S. The summed E-state index contributed by atoms with van der Waals surface area (Å²) in [5.74, 6) is 0. The first-order valence-corrected chi connectivity index (χ1v) is 22.5. The predicted molar refractivity (Wildman–Crippen MR) is 262 cm³/mol. The average molecular weight is 880 g/mol. The quantitative estimate of drug-likeness (QED) is 0.118. The van der Waals surface area contributed by atoms with E-state index >= 15 is 0 Å². The van der Waals surface area contributed by atoms with E-state index < -0.39 is 10.4 Å². The van der Waals surface area contributed by atoms with Crippen LogP contribution in [-0.2, 0) is 10.4 Å². The number of hydrogen-bond acceptors (Lipinski definition) is 6. The van der Waals surface area contributed by atoms with Crippen LogP contribution in [0.1, 0.15) is 74.9 Å². The Kier molecular flexibility index (Phi) is 18.3. The van der Waals surface area contributed by atoms with Gasteiger partial charge in [0.1, 0.15) is 0 Å². The summed E-state index contributed by atoms with van der Waals surface area (Å²) in [4.78, 5) is 9.14. The van der Waals surface area contributed by atoms with Gasteiger partial charge in [0, 0.05) is 58.7 Å². The molecule has 0 radical (unpaired) electrons. The van der Waals surface area contributed by atoms with E-state index in [4.69, 9.17) is 40.7 Å². The second-order valence-electron chi connectivity index (χ2n) is 14.2. The van der Waals surface area contributed by atoms with Crippen molar-refractivity contribution in [2.75, 3.05) is 36.8 Å². The third-order valence-corrected chi connectivity index (χ3v) is 10.3. The lowest BCUT2D eigenvalue weighted by atomic mass is 9.88. The van der Waals surface area contributed by atoms with Gasteiger partial charge in [-0.2, -0.15) is 8.42 Å². The number of benzene rings is 4. The third kappa shape index (κ3) is 13.9. The molecule has 0 amide bonds. The first kappa shape index (κ1) is 48.4. The van der Waals surface area contributed by atoms with Gasteiger partial charge in [-0.15, -0.1) is 0 Å². The number of anilines is 2. The van der Waals surface area contributed by atoms with E-state index in [0.717, 1.165) is 104 Å². The molecule has 0 saturated heterocycles. The van der Waals surface area contributed by atoms with Crippen LogP contribution in [0.2, 0.25) is 10.0 Å². The molecule has 6 rings (SSSR count). The summed E-state index contributed by atoms with van der Waals surface area (Å²) in [6, 6.07) is 29.2. The SMILES string of the molecule is CCN=C1C=CC(=C(c2ccc(NCC)c(C)c2)c2ccccc2Cl)C=C1C.CCN=C1C=CC(=C(c2ccc(NCC)c(C)c2)c2ccccc2Cl)C=C1C.O=S(=O)(O)O. The van der Waals surface area contributed by atoms with Crippen molar-refractivity contribution in [2.24, 2.45) is 9.98 Å². The van der Waals surface area contributed by atoms with Crippen molar-refractivity contribution in [1.82, 2.24) is 0 Å². The third-order valence-electron chi connectivity index (χ3n) is 9.68. The maximum Gasteiger partial charge on any atom is 0.394 e. The van der Waals surface area contributed by atoms with Gasteiger partial charge in [0.15, 0.2) is 0 Å². The minimum absolute atomic E-state index is 0.755. The molecule has 4 aromatic carbocycles. The second-order valence-corrected chi connectivity index (χ2v) is 15.9. The van der Waals surface area contributed by atoms with Crippen LogP contribution in [0, 0.1) is 13.8 Å². The Bertz CT molecular complexity index is 2410. The Labute approximate surface area is 372 Å². The molecule has 0 unspecified atom stereocenters. The second kappa shape index (κ2) is 23.1. The van der Waals surface area contributed by atoms with E-state index in [2.05, 4.69) is 161 Å². The number of halogens is 2. The number of nitrogens with one attached hydrogen (secondary N) is 2. The minimum atomic E-state index is -4.67. The van der Waals surface area contributed by atoms with Gasteiger partial charge in [-0.1, -0.05) is 83.9 Å². The zero-order valence-corrected chi connectivity index (χ0v) is 38.5. The van der Waals surface area contributed by atoms with E-state index in [0.29, 0.717) is 0 Å². The van der Waals surface area contributed by atoms with Crippen LogP contribution in [0.5, 0.6) is 0 Å². The molecule has 0 saturated carbocycles. The molecule has 2 aliphatic carbocycles. The summed E-state index contributed by atoms with van der Waals surface area (Å²) in [5, 5.41) is 8.34. The lowest BCUT2D eigenvalue weighted by Crippen LogP contribution is -2.04. The Morgan fingerprint density at radius 2 is 0.934 bits per heavy atom. The van der Waals surface area contributed by atoms with Crippen molar-refractivity contribution in [1.29, 1.82) is 0 Å². The Morgan fingerprint density at radius 3 is 1.23 bits per heavy atom. The molecule has 0 bridgehead atoms. The summed E-state index contributed by atoms with van der Waals surface area (Å²) >= 11 is 13.2. The zero-order valence-electron chi connectivity index (χ0n) is 36.1. The molecule has 4 aromatic rings. The normalized spacial score (nSPS) is 16.5. The number of hydrogen-bond donors (Lipinski definition) is 4. The highest BCUT2D eigenvalue weighted by molar-refractivity contribution is 7.79. The first-order valence-electron chi connectivity index (χ1n) is 20.3. The molecule has 8 nitrogen and oxygen atoms in total. The van der Waals surface area contributed by atoms with Crippen molar-refractivity contribution in [2.45, 2.75) is 55.4 Å². The zero-order chi connectivity index (χ0) is 44.7. The highest BCUT2D eigenvalue weighted by Crippen LogP contribution is 2.37. The molecule has 0 fully saturated rings. The van der Waals surface area contributed by atoms with E-state index in [1.807, 2.05) is 36.4 Å². The fourth-order valence-corrected chi connectivity index (χ4v) is 7.48. The monoisotopic (exact) mass is 878 g/mol. The van der Waals surface area contributed by atoms with Crippen LogP contribution in [0.4, 0.5) is 11.4 Å². The molecule has 0 atom stereocenters. The highest BCUT2D eigenvalue weighted by atomic mass is 35.5. The Balaban J connectivity index is 0.000000242. The summed E-state index contributed by atoms with van der Waals surface area (Å²) in [6.45, 7) is 20.2. The van der Waals surface area contributed by atoms with Crippen LogP contribution in [0.3, 0.4) is 0 Å². The van der Waals surface area contributed by atoms with Gasteiger partial charge in [0.25, 0.3) is 0 Å². The maximum absolute atomic E-state index is 8.74. The van der Waals surface area contributed by atoms with E-state index in [-0.39, 0.29) is 0 Å². The first-order chi connectivity index (χ1) is 29.1. The average Bonchev–Trinajstić information content (AvgIpc) is 3.20. The standard InChI is InChI=1S/2C25H27ClN2.H2O4S/c2*1-5-27-23-13-11-19(15-17(23)3)25(21-9-7-8-10-22(21)26)20-12-14-24(28-6-2)18(4)16-20;1-5(2,3)4/h2*7-16,27H,5-6H2,1-4H3;(H2,1,2,3,4). The fraction of sp³-hybridized carbons (Fsp3) is 0.240. The number of rotatable bonds is 10. The lowest BCUT2D eigenvalue weighted by molar-refractivity contribution is 0.381. The maximum atomic E-state index is 8.74. The molecule has 2 aliphatic rings. The van der Waals surface area contributed by atoms with E-state index in [1.54, 1.807) is 0 Å². The van der Waals surface area contributed by atoms with Gasteiger partial charge < -0.3 is 10.6 Å². The van der Waals surface area contributed by atoms with Crippen LogP contribution >= 0.6 is 23.2 Å². The van der Waals surface area contributed by atoms with Crippen LogP contribution < -0.4 is 10.6 Å². The number of aryl methyl sites for hydroxylation is 2. The smallest absolute Gasteiger partial charge is 0.385 e. The number of nitrogens with zero attached hydrogens (tertiary/aromatic N) is 2. The van der Waals surface area contributed by atoms with Gasteiger partial charge in [-0.25, -0.2) is 0 Å². The molecule has 11 heteroatoms.